The van der Waals surface area contributed by atoms with Crippen LogP contribution in [-0.4, -0.2) is 6.54 Å². The van der Waals surface area contributed by atoms with E-state index >= 15 is 0 Å². The predicted molar refractivity (Wildman–Crippen MR) is 48.5 cm³/mol. The molecule has 0 saturated carbocycles. The number of nitrogens with two attached hydrogens (primary N) is 1. The number of halogens is 2. The molecule has 0 radical (unpaired) electrons. The molecule has 0 aliphatic rings. The molecule has 0 unspecified atom stereocenters. The van der Waals surface area contributed by atoms with E-state index in [1.807, 2.05) is 0 Å². The quantitative estimate of drug-likeness (QED) is 0.767. The van der Waals surface area contributed by atoms with E-state index in [-0.39, 0.29) is 0 Å². The van der Waals surface area contributed by atoms with Crippen molar-refractivity contribution in [3.05, 3.63) is 34.9 Å². The average Bonchev–Trinajstić information content (AvgIpc) is 2.13. The summed E-state index contributed by atoms with van der Waals surface area (Å²) in [6.07, 6.45) is 1.51. The van der Waals surface area contributed by atoms with Crippen molar-refractivity contribution >= 4 is 0 Å². The van der Waals surface area contributed by atoms with Crippen molar-refractivity contribution in [3.8, 4) is 0 Å². The molecule has 1 aromatic rings. The summed E-state index contributed by atoms with van der Waals surface area (Å²) in [6.45, 7) is 2.16. The Kier molecular flexibility index (Phi) is 3.37. The van der Waals surface area contributed by atoms with Crippen LogP contribution in [0.25, 0.3) is 0 Å². The van der Waals surface area contributed by atoms with Crippen LogP contribution >= 0.6 is 0 Å². The Balaban J connectivity index is 2.90. The number of hydrogen-bond donors (Lipinski definition) is 1. The van der Waals surface area contributed by atoms with Gasteiger partial charge in [-0.3, -0.25) is 0 Å². The van der Waals surface area contributed by atoms with Crippen molar-refractivity contribution in [2.45, 2.75) is 19.8 Å². The Morgan fingerprint density at radius 3 is 2.62 bits per heavy atom. The van der Waals surface area contributed by atoms with Crippen LogP contribution in [0.2, 0.25) is 0 Å². The molecule has 0 bridgehead atoms. The zero-order valence-corrected chi connectivity index (χ0v) is 7.61. The van der Waals surface area contributed by atoms with Gasteiger partial charge in [0.15, 0.2) is 11.6 Å². The summed E-state index contributed by atoms with van der Waals surface area (Å²) >= 11 is 0. The van der Waals surface area contributed by atoms with Gasteiger partial charge in [0.05, 0.1) is 0 Å². The van der Waals surface area contributed by atoms with Crippen LogP contribution in [0.5, 0.6) is 0 Å². The van der Waals surface area contributed by atoms with Gasteiger partial charge in [0, 0.05) is 0 Å². The highest BCUT2D eigenvalue weighted by Gasteiger charge is 2.08. The zero-order chi connectivity index (χ0) is 9.84. The fraction of sp³-hybridized carbons (Fsp3) is 0.400. The minimum Gasteiger partial charge on any atom is -0.330 e. The van der Waals surface area contributed by atoms with E-state index in [0.29, 0.717) is 18.5 Å². The molecular weight excluding hydrogens is 172 g/mol. The summed E-state index contributed by atoms with van der Waals surface area (Å²) in [5.74, 6) is -1.52. The molecule has 0 aliphatic heterocycles. The van der Waals surface area contributed by atoms with E-state index in [9.17, 15) is 8.78 Å². The highest BCUT2D eigenvalue weighted by molar-refractivity contribution is 5.28. The van der Waals surface area contributed by atoms with E-state index in [0.717, 1.165) is 18.1 Å². The third-order valence-electron chi connectivity index (χ3n) is 2.10. The second kappa shape index (κ2) is 4.33. The molecule has 13 heavy (non-hydrogen) atoms. The van der Waals surface area contributed by atoms with Gasteiger partial charge in [-0.1, -0.05) is 6.07 Å². The minimum atomic E-state index is -0.783. The van der Waals surface area contributed by atoms with Crippen molar-refractivity contribution < 1.29 is 8.78 Å². The number of hydrogen-bond acceptors (Lipinski definition) is 1. The second-order valence-corrected chi connectivity index (χ2v) is 3.04. The first-order valence-electron chi connectivity index (χ1n) is 4.30. The average molecular weight is 185 g/mol. The first-order valence-corrected chi connectivity index (χ1v) is 4.30. The van der Waals surface area contributed by atoms with Crippen molar-refractivity contribution in [1.29, 1.82) is 0 Å². The third-order valence-corrected chi connectivity index (χ3v) is 2.10. The smallest absolute Gasteiger partial charge is 0.161 e. The lowest BCUT2D eigenvalue weighted by molar-refractivity contribution is 0.501. The van der Waals surface area contributed by atoms with Gasteiger partial charge in [-0.25, -0.2) is 8.78 Å². The van der Waals surface area contributed by atoms with Crippen LogP contribution < -0.4 is 5.73 Å². The number of rotatable bonds is 3. The third kappa shape index (κ3) is 2.25. The van der Waals surface area contributed by atoms with E-state index in [2.05, 4.69) is 0 Å². The summed E-state index contributed by atoms with van der Waals surface area (Å²) in [4.78, 5) is 0. The number of aryl methyl sites for hydroxylation is 1. The van der Waals surface area contributed by atoms with Gasteiger partial charge >= 0.3 is 0 Å². The van der Waals surface area contributed by atoms with Gasteiger partial charge in [-0.15, -0.1) is 0 Å². The van der Waals surface area contributed by atoms with Crippen LogP contribution in [0.3, 0.4) is 0 Å². The normalized spacial score (nSPS) is 10.5. The van der Waals surface area contributed by atoms with Gasteiger partial charge in [-0.2, -0.15) is 0 Å². The van der Waals surface area contributed by atoms with Crippen LogP contribution in [-0.2, 0) is 6.42 Å². The molecule has 2 N–H and O–H groups in total. The first kappa shape index (κ1) is 10.1. The fourth-order valence-corrected chi connectivity index (χ4v) is 1.26. The largest absolute Gasteiger partial charge is 0.330 e. The lowest BCUT2D eigenvalue weighted by Gasteiger charge is -2.06. The van der Waals surface area contributed by atoms with Crippen LogP contribution in [0.15, 0.2) is 12.1 Å². The maximum atomic E-state index is 13.0. The molecule has 1 aromatic carbocycles. The van der Waals surface area contributed by atoms with E-state index in [4.69, 9.17) is 5.73 Å². The molecule has 0 aromatic heterocycles. The molecule has 0 heterocycles. The van der Waals surface area contributed by atoms with E-state index in [1.54, 1.807) is 13.0 Å². The molecule has 0 aliphatic carbocycles. The van der Waals surface area contributed by atoms with E-state index < -0.39 is 11.6 Å². The minimum absolute atomic E-state index is 0.397. The Hall–Kier alpha value is -0.960. The molecule has 0 fully saturated rings. The maximum absolute atomic E-state index is 13.0. The van der Waals surface area contributed by atoms with Gasteiger partial charge < -0.3 is 5.73 Å². The summed E-state index contributed by atoms with van der Waals surface area (Å²) < 4.78 is 25.7. The van der Waals surface area contributed by atoms with Crippen LogP contribution in [0.1, 0.15) is 17.5 Å². The monoisotopic (exact) mass is 185 g/mol. The molecule has 72 valence electrons. The lowest BCUT2D eigenvalue weighted by Crippen LogP contribution is -2.03. The van der Waals surface area contributed by atoms with Crippen molar-refractivity contribution in [1.82, 2.24) is 0 Å². The van der Waals surface area contributed by atoms with Gasteiger partial charge in [-0.05, 0) is 43.5 Å². The summed E-state index contributed by atoms with van der Waals surface area (Å²) in [6, 6.07) is 2.78. The SMILES string of the molecule is Cc1c(CCCN)ccc(F)c1F. The molecule has 3 heteroatoms. The van der Waals surface area contributed by atoms with Crippen molar-refractivity contribution in [3.63, 3.8) is 0 Å². The molecule has 0 atom stereocenters. The maximum Gasteiger partial charge on any atom is 0.161 e. The highest BCUT2D eigenvalue weighted by atomic mass is 19.2. The van der Waals surface area contributed by atoms with Crippen LogP contribution in [0.4, 0.5) is 8.78 Å². The molecule has 1 rings (SSSR count). The Bertz CT molecular complexity index is 297. The lowest BCUT2D eigenvalue weighted by atomic mass is 10.0. The molecule has 0 saturated heterocycles. The predicted octanol–water partition coefficient (Wildman–Crippen LogP) is 2.16. The van der Waals surface area contributed by atoms with Gasteiger partial charge in [0.25, 0.3) is 0 Å². The fourth-order valence-electron chi connectivity index (χ4n) is 1.26. The standard InChI is InChI=1S/C10H13F2N/c1-7-8(3-2-6-13)4-5-9(11)10(7)12/h4-5H,2-3,6,13H2,1H3. The van der Waals surface area contributed by atoms with Crippen LogP contribution in [0, 0.1) is 18.6 Å². The van der Waals surface area contributed by atoms with E-state index in [1.165, 1.54) is 0 Å². The summed E-state index contributed by atoms with van der Waals surface area (Å²) in [5.41, 5.74) is 6.56. The number of benzene rings is 1. The first-order chi connectivity index (χ1) is 6.16. The molecule has 0 amide bonds. The highest BCUT2D eigenvalue weighted by Crippen LogP contribution is 2.16. The van der Waals surface area contributed by atoms with Crippen molar-refractivity contribution in [2.75, 3.05) is 6.54 Å². The molecule has 0 spiro atoms. The molecule has 1 nitrogen and oxygen atoms in total. The second-order valence-electron chi connectivity index (χ2n) is 3.04. The summed E-state index contributed by atoms with van der Waals surface area (Å²) in [7, 11) is 0. The summed E-state index contributed by atoms with van der Waals surface area (Å²) in [5, 5.41) is 0. The Morgan fingerprint density at radius 2 is 2.00 bits per heavy atom. The van der Waals surface area contributed by atoms with Gasteiger partial charge in [0.1, 0.15) is 0 Å². The van der Waals surface area contributed by atoms with Crippen molar-refractivity contribution in [2.24, 2.45) is 5.73 Å². The zero-order valence-electron chi connectivity index (χ0n) is 7.61. The Labute approximate surface area is 76.6 Å². The Morgan fingerprint density at radius 1 is 1.31 bits per heavy atom. The molecular formula is C10H13F2N. The topological polar surface area (TPSA) is 26.0 Å². The van der Waals surface area contributed by atoms with Gasteiger partial charge in [0.2, 0.25) is 0 Å².